The van der Waals surface area contributed by atoms with Crippen molar-refractivity contribution in [3.63, 3.8) is 0 Å². The Morgan fingerprint density at radius 1 is 0.263 bits per heavy atom. The molecule has 0 aromatic heterocycles. The summed E-state index contributed by atoms with van der Waals surface area (Å²) in [4.78, 5) is 38.3. The van der Waals surface area contributed by atoms with Gasteiger partial charge < -0.3 is 14.2 Å². The fourth-order valence-electron chi connectivity index (χ4n) is 8.97. The molecular formula is C74H122O6. The second-order valence-corrected chi connectivity index (χ2v) is 21.6. The van der Waals surface area contributed by atoms with Gasteiger partial charge in [0.1, 0.15) is 13.2 Å². The normalized spacial score (nSPS) is 13.0. The summed E-state index contributed by atoms with van der Waals surface area (Å²) in [5.41, 5.74) is 0. The van der Waals surface area contributed by atoms with Gasteiger partial charge >= 0.3 is 17.9 Å². The van der Waals surface area contributed by atoms with E-state index in [0.717, 1.165) is 148 Å². The molecule has 0 aromatic rings. The summed E-state index contributed by atoms with van der Waals surface area (Å²) >= 11 is 0. The van der Waals surface area contributed by atoms with E-state index in [4.69, 9.17) is 14.2 Å². The number of hydrogen-bond donors (Lipinski definition) is 0. The molecule has 0 aliphatic carbocycles. The molecule has 0 aliphatic heterocycles. The van der Waals surface area contributed by atoms with Crippen LogP contribution in [0.1, 0.15) is 297 Å². The Labute approximate surface area is 494 Å². The highest BCUT2D eigenvalue weighted by molar-refractivity contribution is 5.71. The van der Waals surface area contributed by atoms with Crippen molar-refractivity contribution >= 4 is 17.9 Å². The molecule has 0 bridgehead atoms. The highest BCUT2D eigenvalue weighted by atomic mass is 16.6. The van der Waals surface area contributed by atoms with Crippen molar-refractivity contribution in [2.24, 2.45) is 0 Å². The van der Waals surface area contributed by atoms with Crippen molar-refractivity contribution < 1.29 is 28.6 Å². The van der Waals surface area contributed by atoms with Gasteiger partial charge in [0.2, 0.25) is 0 Å². The van der Waals surface area contributed by atoms with Gasteiger partial charge in [0.05, 0.1) is 0 Å². The van der Waals surface area contributed by atoms with Crippen LogP contribution in [0.3, 0.4) is 0 Å². The maximum absolute atomic E-state index is 12.9. The number of carbonyl (C=O) groups excluding carboxylic acids is 3. The molecule has 6 heteroatoms. The molecule has 0 aliphatic rings. The van der Waals surface area contributed by atoms with Crippen LogP contribution in [-0.2, 0) is 28.6 Å². The second kappa shape index (κ2) is 67.1. The maximum Gasteiger partial charge on any atom is 0.306 e. The first kappa shape index (κ1) is 75.5. The van der Waals surface area contributed by atoms with E-state index in [9.17, 15) is 14.4 Å². The average Bonchev–Trinajstić information content (AvgIpc) is 3.46. The zero-order valence-corrected chi connectivity index (χ0v) is 52.0. The molecule has 0 heterocycles. The van der Waals surface area contributed by atoms with Crippen LogP contribution >= 0.6 is 0 Å². The highest BCUT2D eigenvalue weighted by Crippen LogP contribution is 2.16. The lowest BCUT2D eigenvalue weighted by Gasteiger charge is -2.18. The molecule has 80 heavy (non-hydrogen) atoms. The van der Waals surface area contributed by atoms with Crippen molar-refractivity contribution in [1.29, 1.82) is 0 Å². The summed E-state index contributed by atoms with van der Waals surface area (Å²) in [7, 11) is 0. The van der Waals surface area contributed by atoms with Crippen LogP contribution in [0.25, 0.3) is 0 Å². The van der Waals surface area contributed by atoms with Crippen LogP contribution in [0.2, 0.25) is 0 Å². The van der Waals surface area contributed by atoms with Crippen molar-refractivity contribution in [1.82, 2.24) is 0 Å². The standard InChI is InChI=1S/C74H122O6/c1-4-7-10-13-16-19-22-24-26-28-30-32-34-36-37-39-40-42-44-46-48-50-52-55-58-61-64-67-73(76)79-70-71(69-78-72(75)66-63-60-57-54-21-18-15-12-9-6-3)80-74(77)68-65-62-59-56-53-51-49-47-45-43-41-38-35-33-31-29-27-25-23-20-17-14-11-8-5-2/h7-8,10-12,15-17,19-20,24-27,30-33,36-38,41,71H,4-6,9,13-14,18,21-23,28-29,34-35,39-40,42-70H2,1-3H3/b10-7-,11-8-,15-12-,19-16-,20-17-,26-24-,27-25-,32-30-,33-31-,37-36-,41-38-. The Morgan fingerprint density at radius 2 is 0.487 bits per heavy atom. The molecule has 6 nitrogen and oxygen atoms in total. The van der Waals surface area contributed by atoms with Crippen LogP contribution < -0.4 is 0 Å². The van der Waals surface area contributed by atoms with Gasteiger partial charge in [-0.2, -0.15) is 0 Å². The summed E-state index contributed by atoms with van der Waals surface area (Å²) in [5, 5.41) is 0. The fourth-order valence-corrected chi connectivity index (χ4v) is 8.97. The molecule has 454 valence electrons. The van der Waals surface area contributed by atoms with E-state index in [1.165, 1.54) is 109 Å². The van der Waals surface area contributed by atoms with Gasteiger partial charge in [-0.25, -0.2) is 0 Å². The lowest BCUT2D eigenvalue weighted by atomic mass is 10.0. The average molecular weight is 1110 g/mol. The zero-order chi connectivity index (χ0) is 57.8. The van der Waals surface area contributed by atoms with Crippen molar-refractivity contribution in [3.05, 3.63) is 134 Å². The predicted molar refractivity (Wildman–Crippen MR) is 348 cm³/mol. The summed E-state index contributed by atoms with van der Waals surface area (Å²) in [6.45, 7) is 6.35. The van der Waals surface area contributed by atoms with Crippen molar-refractivity contribution in [2.75, 3.05) is 13.2 Å². The third-order valence-corrected chi connectivity index (χ3v) is 13.9. The minimum Gasteiger partial charge on any atom is -0.462 e. The van der Waals surface area contributed by atoms with Gasteiger partial charge in [0.25, 0.3) is 0 Å². The molecule has 0 saturated heterocycles. The second-order valence-electron chi connectivity index (χ2n) is 21.6. The molecule has 0 radical (unpaired) electrons. The number of hydrogen-bond acceptors (Lipinski definition) is 6. The van der Waals surface area contributed by atoms with Gasteiger partial charge in [0, 0.05) is 19.3 Å². The smallest absolute Gasteiger partial charge is 0.306 e. The third kappa shape index (κ3) is 64.4. The van der Waals surface area contributed by atoms with Gasteiger partial charge in [0.15, 0.2) is 6.10 Å². The van der Waals surface area contributed by atoms with Crippen LogP contribution in [0.4, 0.5) is 0 Å². The molecule has 1 atom stereocenters. The molecule has 0 aromatic carbocycles. The molecule has 1 unspecified atom stereocenters. The molecular weight excluding hydrogens is 985 g/mol. The highest BCUT2D eigenvalue weighted by Gasteiger charge is 2.19. The molecule has 0 amide bonds. The zero-order valence-electron chi connectivity index (χ0n) is 52.0. The first-order valence-corrected chi connectivity index (χ1v) is 33.2. The Morgan fingerprint density at radius 3 is 0.775 bits per heavy atom. The molecule has 0 spiro atoms. The van der Waals surface area contributed by atoms with E-state index in [1.54, 1.807) is 0 Å². The van der Waals surface area contributed by atoms with Crippen LogP contribution in [-0.4, -0.2) is 37.2 Å². The fraction of sp³-hybridized carbons (Fsp3) is 0.662. The number of allylic oxidation sites excluding steroid dienone is 22. The third-order valence-electron chi connectivity index (χ3n) is 13.9. The molecule has 0 rings (SSSR count). The molecule has 0 N–H and O–H groups in total. The Balaban J connectivity index is 4.26. The Bertz CT molecular complexity index is 1700. The van der Waals surface area contributed by atoms with E-state index in [0.29, 0.717) is 19.3 Å². The number of unbranched alkanes of at least 4 members (excludes halogenated alkanes) is 26. The minimum atomic E-state index is -0.791. The van der Waals surface area contributed by atoms with Gasteiger partial charge in [-0.15, -0.1) is 0 Å². The number of carbonyl (C=O) groups is 3. The van der Waals surface area contributed by atoms with E-state index in [-0.39, 0.29) is 31.1 Å². The van der Waals surface area contributed by atoms with Gasteiger partial charge in [-0.3, -0.25) is 14.4 Å². The minimum absolute atomic E-state index is 0.0870. The topological polar surface area (TPSA) is 78.9 Å². The quantitative estimate of drug-likeness (QED) is 0.0261. The van der Waals surface area contributed by atoms with E-state index in [2.05, 4.69) is 154 Å². The van der Waals surface area contributed by atoms with Crippen LogP contribution in [0, 0.1) is 0 Å². The van der Waals surface area contributed by atoms with Crippen LogP contribution in [0.15, 0.2) is 134 Å². The first-order valence-electron chi connectivity index (χ1n) is 33.2. The number of rotatable bonds is 59. The van der Waals surface area contributed by atoms with Gasteiger partial charge in [-0.05, 0) is 128 Å². The van der Waals surface area contributed by atoms with E-state index >= 15 is 0 Å². The molecule has 0 fully saturated rings. The number of ether oxygens (including phenoxy) is 3. The van der Waals surface area contributed by atoms with Gasteiger partial charge in [-0.1, -0.05) is 283 Å². The molecule has 0 saturated carbocycles. The Hall–Kier alpha value is -4.45. The van der Waals surface area contributed by atoms with Crippen molar-refractivity contribution in [2.45, 2.75) is 303 Å². The lowest BCUT2D eigenvalue weighted by molar-refractivity contribution is -0.167. The monoisotopic (exact) mass is 1110 g/mol. The predicted octanol–water partition coefficient (Wildman–Crippen LogP) is 22.9. The SMILES string of the molecule is CC/C=C\C/C=C\C/C=C\C/C=C\C/C=C\CCCCCCCCCCCCCC(=O)OCC(COC(=O)CCCCCCC/C=C\CCC)OC(=O)CCCCCCCCCCC/C=C\C/C=C\C/C=C\C/C=C\C/C=C\CC. The van der Waals surface area contributed by atoms with Crippen LogP contribution in [0.5, 0.6) is 0 Å². The summed E-state index contributed by atoms with van der Waals surface area (Å²) in [6.07, 6.45) is 94.7. The summed E-state index contributed by atoms with van der Waals surface area (Å²) in [6, 6.07) is 0. The largest absolute Gasteiger partial charge is 0.462 e. The van der Waals surface area contributed by atoms with E-state index < -0.39 is 6.10 Å². The Kier molecular flexibility index (Phi) is 63.3. The van der Waals surface area contributed by atoms with E-state index in [1.807, 2.05) is 0 Å². The van der Waals surface area contributed by atoms with Crippen molar-refractivity contribution in [3.8, 4) is 0 Å². The summed E-state index contributed by atoms with van der Waals surface area (Å²) in [5.74, 6) is -0.903. The lowest BCUT2D eigenvalue weighted by Crippen LogP contribution is -2.30. The summed E-state index contributed by atoms with van der Waals surface area (Å²) < 4.78 is 16.9. The maximum atomic E-state index is 12.9. The first-order chi connectivity index (χ1) is 39.5. The number of esters is 3.